The maximum absolute atomic E-state index is 11.1. The normalized spacial score (nSPS) is 18.1. The Hall–Kier alpha value is -3.35. The Morgan fingerprint density at radius 3 is 2.24 bits per heavy atom. The molecule has 0 amide bonds. The Labute approximate surface area is 186 Å². The van der Waals surface area contributed by atoms with Gasteiger partial charge in [0.1, 0.15) is 11.9 Å². The molecule has 1 saturated carbocycles. The monoisotopic (exact) mass is 474 g/mol. The molecule has 2 aromatic rings. The molecule has 0 aliphatic heterocycles. The van der Waals surface area contributed by atoms with Crippen LogP contribution in [-0.2, 0) is 4.79 Å². The fourth-order valence-electron chi connectivity index (χ4n) is 3.22. The number of ether oxygens (including phenoxy) is 2. The maximum Gasteiger partial charge on any atom is 0.490 e. The SMILES string of the molecule is NCCCOc1ccc([C@H]2CC[C@H](Oc3nn[nH]c3C(=O)O)CC2)cc1.O=C(O)C(F)(F)F. The number of benzene rings is 1. The van der Waals surface area contributed by atoms with Gasteiger partial charge in [0.25, 0.3) is 5.88 Å². The van der Waals surface area contributed by atoms with E-state index in [4.69, 9.17) is 30.2 Å². The zero-order valence-electron chi connectivity index (χ0n) is 17.5. The van der Waals surface area contributed by atoms with Crippen LogP contribution in [0.1, 0.15) is 54.1 Å². The zero-order valence-corrected chi connectivity index (χ0v) is 17.5. The highest BCUT2D eigenvalue weighted by Crippen LogP contribution is 2.35. The van der Waals surface area contributed by atoms with Crippen molar-refractivity contribution >= 4 is 11.9 Å². The van der Waals surface area contributed by atoms with Crippen molar-refractivity contribution in [2.75, 3.05) is 13.2 Å². The van der Waals surface area contributed by atoms with Gasteiger partial charge in [-0.15, -0.1) is 0 Å². The van der Waals surface area contributed by atoms with Crippen molar-refractivity contribution in [2.45, 2.75) is 50.3 Å². The Kier molecular flexibility index (Phi) is 9.45. The van der Waals surface area contributed by atoms with Gasteiger partial charge in [-0.05, 0) is 62.3 Å². The largest absolute Gasteiger partial charge is 0.494 e. The first-order valence-electron chi connectivity index (χ1n) is 10.2. The van der Waals surface area contributed by atoms with E-state index in [2.05, 4.69) is 27.5 Å². The number of rotatable bonds is 8. The average molecular weight is 474 g/mol. The van der Waals surface area contributed by atoms with Gasteiger partial charge in [0, 0.05) is 0 Å². The summed E-state index contributed by atoms with van der Waals surface area (Å²) in [6.07, 6.45) is -0.595. The summed E-state index contributed by atoms with van der Waals surface area (Å²) in [5.41, 5.74) is 6.66. The molecular weight excluding hydrogens is 449 g/mol. The highest BCUT2D eigenvalue weighted by molar-refractivity contribution is 5.87. The van der Waals surface area contributed by atoms with Gasteiger partial charge in [0.15, 0.2) is 0 Å². The molecule has 182 valence electrons. The van der Waals surface area contributed by atoms with Gasteiger partial charge in [-0.25, -0.2) is 14.7 Å². The first-order valence-corrected chi connectivity index (χ1v) is 10.2. The minimum absolute atomic E-state index is 0.0340. The van der Waals surface area contributed by atoms with Gasteiger partial charge in [-0.3, -0.25) is 0 Å². The van der Waals surface area contributed by atoms with Crippen molar-refractivity contribution in [1.82, 2.24) is 15.4 Å². The number of aromatic nitrogens is 3. The molecule has 1 aromatic carbocycles. The molecule has 13 heteroatoms. The number of carboxylic acids is 2. The first-order chi connectivity index (χ1) is 15.6. The molecule has 1 heterocycles. The quantitative estimate of drug-likeness (QED) is 0.422. The van der Waals surface area contributed by atoms with Crippen LogP contribution in [0.5, 0.6) is 11.6 Å². The summed E-state index contributed by atoms with van der Waals surface area (Å²) in [7, 11) is 0. The van der Waals surface area contributed by atoms with E-state index >= 15 is 0 Å². The predicted molar refractivity (Wildman–Crippen MR) is 108 cm³/mol. The fraction of sp³-hybridized carbons (Fsp3) is 0.500. The Bertz CT molecular complexity index is 896. The van der Waals surface area contributed by atoms with Crippen molar-refractivity contribution in [2.24, 2.45) is 5.73 Å². The molecule has 1 aromatic heterocycles. The minimum atomic E-state index is -5.08. The summed E-state index contributed by atoms with van der Waals surface area (Å²) in [4.78, 5) is 20.0. The lowest BCUT2D eigenvalue weighted by atomic mass is 9.83. The highest BCUT2D eigenvalue weighted by Gasteiger charge is 2.38. The number of aliphatic carboxylic acids is 1. The number of alkyl halides is 3. The van der Waals surface area contributed by atoms with E-state index in [0.717, 1.165) is 37.9 Å². The predicted octanol–water partition coefficient (Wildman–Crippen LogP) is 2.97. The molecule has 3 rings (SSSR count). The first kappa shape index (κ1) is 25.9. The molecule has 1 fully saturated rings. The van der Waals surface area contributed by atoms with Crippen LogP contribution in [-0.4, -0.2) is 63.0 Å². The lowest BCUT2D eigenvalue weighted by molar-refractivity contribution is -0.192. The third kappa shape index (κ3) is 8.25. The van der Waals surface area contributed by atoms with E-state index in [1.807, 2.05) is 12.1 Å². The Morgan fingerprint density at radius 2 is 1.73 bits per heavy atom. The van der Waals surface area contributed by atoms with Crippen LogP contribution in [0.15, 0.2) is 24.3 Å². The van der Waals surface area contributed by atoms with Crippen molar-refractivity contribution in [3.05, 3.63) is 35.5 Å². The second-order valence-corrected chi connectivity index (χ2v) is 7.25. The van der Waals surface area contributed by atoms with Crippen LogP contribution in [0.2, 0.25) is 0 Å². The van der Waals surface area contributed by atoms with E-state index in [9.17, 15) is 18.0 Å². The Balaban J connectivity index is 0.000000479. The van der Waals surface area contributed by atoms with Gasteiger partial charge in [-0.1, -0.05) is 22.4 Å². The van der Waals surface area contributed by atoms with Gasteiger partial charge >= 0.3 is 18.1 Å². The molecule has 0 spiro atoms. The summed E-state index contributed by atoms with van der Waals surface area (Å²) >= 11 is 0. The smallest absolute Gasteiger partial charge is 0.490 e. The van der Waals surface area contributed by atoms with E-state index in [-0.39, 0.29) is 17.7 Å². The van der Waals surface area contributed by atoms with Crippen LogP contribution < -0.4 is 15.2 Å². The van der Waals surface area contributed by atoms with Crippen molar-refractivity contribution in [1.29, 1.82) is 0 Å². The van der Waals surface area contributed by atoms with E-state index in [1.165, 1.54) is 5.56 Å². The second-order valence-electron chi connectivity index (χ2n) is 7.25. The molecule has 0 saturated heterocycles. The number of nitrogens with zero attached hydrogens (tertiary/aromatic N) is 2. The van der Waals surface area contributed by atoms with Gasteiger partial charge in [-0.2, -0.15) is 13.2 Å². The molecule has 33 heavy (non-hydrogen) atoms. The lowest BCUT2D eigenvalue weighted by Crippen LogP contribution is -2.24. The number of halogens is 3. The molecule has 5 N–H and O–H groups in total. The standard InChI is InChI=1S/C18H24N4O4.C2HF3O2/c19-10-1-11-25-14-6-2-12(3-7-14)13-4-8-15(9-5-13)26-17-16(18(23)24)20-22-21-17;3-2(4,5)1(6)7/h2-3,6-7,13,15H,1,4-5,8-11,19H2,(H,23,24)(H,20,21,22);(H,6,7)/t13-,15-;. The van der Waals surface area contributed by atoms with Crippen molar-refractivity contribution < 1.29 is 42.4 Å². The van der Waals surface area contributed by atoms with Gasteiger partial charge in [0.05, 0.1) is 6.61 Å². The maximum atomic E-state index is 11.1. The highest BCUT2D eigenvalue weighted by atomic mass is 19.4. The number of carbonyl (C=O) groups is 2. The number of H-pyrrole nitrogens is 1. The number of hydrogen-bond acceptors (Lipinski definition) is 7. The number of aromatic carboxylic acids is 1. The Morgan fingerprint density at radius 1 is 1.12 bits per heavy atom. The zero-order chi connectivity index (χ0) is 24.4. The third-order valence-corrected chi connectivity index (χ3v) is 4.89. The molecule has 0 atom stereocenters. The number of aromatic amines is 1. The van der Waals surface area contributed by atoms with Crippen LogP contribution in [0, 0.1) is 0 Å². The van der Waals surface area contributed by atoms with Crippen LogP contribution in [0.3, 0.4) is 0 Å². The summed E-state index contributed by atoms with van der Waals surface area (Å²) in [5.74, 6) is -2.46. The van der Waals surface area contributed by atoms with Gasteiger partial charge < -0.3 is 25.4 Å². The lowest BCUT2D eigenvalue weighted by Gasteiger charge is -2.28. The summed E-state index contributed by atoms with van der Waals surface area (Å²) in [6, 6.07) is 8.24. The summed E-state index contributed by atoms with van der Waals surface area (Å²) in [6.45, 7) is 1.27. The van der Waals surface area contributed by atoms with Crippen LogP contribution in [0.25, 0.3) is 0 Å². The van der Waals surface area contributed by atoms with E-state index < -0.39 is 18.1 Å². The molecule has 0 bridgehead atoms. The summed E-state index contributed by atoms with van der Waals surface area (Å²) in [5, 5.41) is 25.8. The van der Waals surface area contributed by atoms with Crippen LogP contribution >= 0.6 is 0 Å². The average Bonchev–Trinajstić information content (AvgIpc) is 3.23. The van der Waals surface area contributed by atoms with Crippen LogP contribution in [0.4, 0.5) is 13.2 Å². The number of nitrogens with one attached hydrogen (secondary N) is 1. The molecule has 1 aliphatic rings. The molecule has 0 radical (unpaired) electrons. The number of nitrogens with two attached hydrogens (primary N) is 1. The van der Waals surface area contributed by atoms with E-state index in [1.54, 1.807) is 0 Å². The molecule has 10 nitrogen and oxygen atoms in total. The van der Waals surface area contributed by atoms with Crippen molar-refractivity contribution in [3.8, 4) is 11.6 Å². The van der Waals surface area contributed by atoms with Crippen molar-refractivity contribution in [3.63, 3.8) is 0 Å². The minimum Gasteiger partial charge on any atom is -0.494 e. The molecule has 1 aliphatic carbocycles. The van der Waals surface area contributed by atoms with Gasteiger partial charge in [0.2, 0.25) is 5.69 Å². The number of hydrogen-bond donors (Lipinski definition) is 4. The fourth-order valence-corrected chi connectivity index (χ4v) is 3.22. The summed E-state index contributed by atoms with van der Waals surface area (Å²) < 4.78 is 43.1. The number of carboxylic acid groups (broad SMARTS) is 2. The molecule has 0 unspecified atom stereocenters. The second kappa shape index (κ2) is 12.0. The van der Waals surface area contributed by atoms with E-state index in [0.29, 0.717) is 19.1 Å². The third-order valence-electron chi connectivity index (χ3n) is 4.89. The molecular formula is C20H25F3N4O6. The topological polar surface area (TPSA) is 161 Å².